The first-order valence-corrected chi connectivity index (χ1v) is 8.01. The molecule has 0 unspecified atom stereocenters. The minimum atomic E-state index is 0.0129. The van der Waals surface area contributed by atoms with E-state index in [0.717, 1.165) is 43.6 Å². The van der Waals surface area contributed by atoms with E-state index in [1.165, 1.54) is 16.7 Å². The summed E-state index contributed by atoms with van der Waals surface area (Å²) in [6, 6.07) is 0. The summed E-state index contributed by atoms with van der Waals surface area (Å²) < 4.78 is 5.48. The lowest BCUT2D eigenvalue weighted by Gasteiger charge is -2.42. The predicted molar refractivity (Wildman–Crippen MR) is 85.4 cm³/mol. The fourth-order valence-corrected chi connectivity index (χ4v) is 3.71. The third-order valence-electron chi connectivity index (χ3n) is 5.47. The molecule has 1 saturated heterocycles. The standard InChI is InChI=1S/C18H22N2O2/c1-20(2)18(5-7-22-8-6-18)11-19-17(21)14-4-3-13-15-9-12(15)10-16(13)14/h3-4,10H,5-9,11H2,1-2H3,(H,19,21). The molecule has 1 N–H and O–H groups in total. The number of hydrogen-bond donors (Lipinski definition) is 1. The van der Waals surface area contributed by atoms with Crippen molar-refractivity contribution in [3.8, 4) is 0 Å². The van der Waals surface area contributed by atoms with Crippen LogP contribution in [0.3, 0.4) is 0 Å². The number of fused-ring (bicyclic) bond motifs is 2. The minimum absolute atomic E-state index is 0.0129. The predicted octanol–water partition coefficient (Wildman–Crippen LogP) is 1.72. The number of allylic oxidation sites excluding steroid dienone is 6. The Labute approximate surface area is 131 Å². The Bertz CT molecular complexity index is 659. The summed E-state index contributed by atoms with van der Waals surface area (Å²) in [6.07, 6.45) is 9.26. The first-order chi connectivity index (χ1) is 10.6. The first-order valence-electron chi connectivity index (χ1n) is 8.01. The molecular weight excluding hydrogens is 276 g/mol. The number of likely N-dealkylation sites (N-methyl/N-ethyl adjacent to an activating group) is 1. The molecule has 0 aromatic rings. The number of carbonyl (C=O) groups excluding carboxylic acids is 1. The molecule has 4 rings (SSSR count). The van der Waals surface area contributed by atoms with E-state index >= 15 is 0 Å². The molecule has 4 aliphatic rings. The van der Waals surface area contributed by atoms with Crippen molar-refractivity contribution in [3.05, 3.63) is 46.1 Å². The Kier molecular flexibility index (Phi) is 3.13. The van der Waals surface area contributed by atoms with Gasteiger partial charge < -0.3 is 15.0 Å². The molecule has 0 radical (unpaired) electrons. The van der Waals surface area contributed by atoms with Crippen molar-refractivity contribution in [3.63, 3.8) is 0 Å². The van der Waals surface area contributed by atoms with E-state index < -0.39 is 0 Å². The maximum absolute atomic E-state index is 12.6. The summed E-state index contributed by atoms with van der Waals surface area (Å²) in [5, 5.41) is 3.16. The molecule has 1 heterocycles. The zero-order chi connectivity index (χ0) is 15.3. The topological polar surface area (TPSA) is 41.6 Å². The van der Waals surface area contributed by atoms with Gasteiger partial charge in [0.05, 0.1) is 0 Å². The van der Waals surface area contributed by atoms with Crippen LogP contribution in [-0.4, -0.2) is 50.2 Å². The number of nitrogens with one attached hydrogen (secondary N) is 1. The van der Waals surface area contributed by atoms with Crippen molar-refractivity contribution in [2.45, 2.75) is 24.8 Å². The van der Waals surface area contributed by atoms with Gasteiger partial charge in [-0.25, -0.2) is 0 Å². The molecule has 0 aromatic carbocycles. The average Bonchev–Trinajstić information content (AvgIpc) is 3.01. The van der Waals surface area contributed by atoms with Gasteiger partial charge in [0.1, 0.15) is 0 Å². The van der Waals surface area contributed by atoms with E-state index in [-0.39, 0.29) is 11.4 Å². The number of ether oxygens (including phenoxy) is 1. The minimum Gasteiger partial charge on any atom is -0.381 e. The number of hydrogen-bond acceptors (Lipinski definition) is 3. The van der Waals surface area contributed by atoms with Crippen LogP contribution in [0.1, 0.15) is 19.3 Å². The van der Waals surface area contributed by atoms with Crippen LogP contribution in [-0.2, 0) is 9.53 Å². The Morgan fingerprint density at radius 1 is 1.27 bits per heavy atom. The van der Waals surface area contributed by atoms with Gasteiger partial charge in [-0.05, 0) is 67.8 Å². The molecule has 1 aliphatic heterocycles. The summed E-state index contributed by atoms with van der Waals surface area (Å²) in [5.41, 5.74) is 6.08. The highest BCUT2D eigenvalue weighted by Crippen LogP contribution is 2.51. The van der Waals surface area contributed by atoms with E-state index in [2.05, 4.69) is 36.5 Å². The van der Waals surface area contributed by atoms with Crippen LogP contribution >= 0.6 is 0 Å². The third kappa shape index (κ3) is 2.09. The molecule has 22 heavy (non-hydrogen) atoms. The second kappa shape index (κ2) is 4.93. The molecule has 2 fully saturated rings. The molecular formula is C18H22N2O2. The quantitative estimate of drug-likeness (QED) is 0.859. The molecule has 0 aromatic heterocycles. The van der Waals surface area contributed by atoms with Gasteiger partial charge in [0.25, 0.3) is 5.91 Å². The monoisotopic (exact) mass is 298 g/mol. The summed E-state index contributed by atoms with van der Waals surface area (Å²) >= 11 is 0. The van der Waals surface area contributed by atoms with E-state index in [4.69, 9.17) is 4.74 Å². The molecule has 4 heteroatoms. The van der Waals surface area contributed by atoms with Crippen molar-refractivity contribution in [1.29, 1.82) is 0 Å². The summed E-state index contributed by atoms with van der Waals surface area (Å²) in [6.45, 7) is 2.21. The first kappa shape index (κ1) is 14.0. The zero-order valence-electron chi connectivity index (χ0n) is 13.2. The average molecular weight is 298 g/mol. The van der Waals surface area contributed by atoms with Gasteiger partial charge in [0, 0.05) is 30.9 Å². The Hall–Kier alpha value is -1.65. The smallest absolute Gasteiger partial charge is 0.251 e. The maximum atomic E-state index is 12.6. The van der Waals surface area contributed by atoms with Crippen LogP contribution in [0.25, 0.3) is 0 Å². The fraction of sp³-hybridized carbons (Fsp3) is 0.500. The second-order valence-electron chi connectivity index (χ2n) is 6.81. The lowest BCUT2D eigenvalue weighted by Crippen LogP contribution is -2.55. The van der Waals surface area contributed by atoms with Crippen molar-refractivity contribution >= 4 is 5.91 Å². The SMILES string of the molecule is CN(C)C1(CNC(=O)C2=C3C=C4CC4=C3C=C2)CCOCC1. The third-order valence-corrected chi connectivity index (χ3v) is 5.47. The largest absolute Gasteiger partial charge is 0.381 e. The normalized spacial score (nSPS) is 24.6. The van der Waals surface area contributed by atoms with Gasteiger partial charge >= 0.3 is 0 Å². The van der Waals surface area contributed by atoms with Crippen LogP contribution in [0.5, 0.6) is 0 Å². The van der Waals surface area contributed by atoms with Gasteiger partial charge in [-0.2, -0.15) is 0 Å². The highest BCUT2D eigenvalue weighted by atomic mass is 16.5. The summed E-state index contributed by atoms with van der Waals surface area (Å²) in [5.74, 6) is 0.0488. The number of rotatable bonds is 4. The fourth-order valence-electron chi connectivity index (χ4n) is 3.71. The van der Waals surface area contributed by atoms with Crippen molar-refractivity contribution in [2.75, 3.05) is 33.9 Å². The Morgan fingerprint density at radius 2 is 2.05 bits per heavy atom. The molecule has 1 saturated carbocycles. The van der Waals surface area contributed by atoms with Gasteiger partial charge in [-0.15, -0.1) is 0 Å². The van der Waals surface area contributed by atoms with Crippen LogP contribution in [0.4, 0.5) is 0 Å². The lowest BCUT2D eigenvalue weighted by atomic mass is 9.88. The van der Waals surface area contributed by atoms with Crippen molar-refractivity contribution in [1.82, 2.24) is 10.2 Å². The highest BCUT2D eigenvalue weighted by Gasteiger charge is 2.37. The van der Waals surface area contributed by atoms with Crippen LogP contribution < -0.4 is 5.32 Å². The maximum Gasteiger partial charge on any atom is 0.251 e. The Morgan fingerprint density at radius 3 is 2.77 bits per heavy atom. The van der Waals surface area contributed by atoms with E-state index in [0.29, 0.717) is 6.54 Å². The van der Waals surface area contributed by atoms with Crippen LogP contribution in [0, 0.1) is 0 Å². The van der Waals surface area contributed by atoms with Gasteiger partial charge in [-0.3, -0.25) is 4.79 Å². The van der Waals surface area contributed by atoms with Crippen molar-refractivity contribution < 1.29 is 9.53 Å². The second-order valence-corrected chi connectivity index (χ2v) is 6.81. The molecule has 4 nitrogen and oxygen atoms in total. The van der Waals surface area contributed by atoms with Crippen LogP contribution in [0.2, 0.25) is 0 Å². The van der Waals surface area contributed by atoms with Crippen LogP contribution in [0.15, 0.2) is 46.1 Å². The number of nitrogens with zero attached hydrogens (tertiary/aromatic N) is 1. The molecule has 3 aliphatic carbocycles. The molecule has 116 valence electrons. The van der Waals surface area contributed by atoms with E-state index in [9.17, 15) is 4.79 Å². The van der Waals surface area contributed by atoms with Gasteiger partial charge in [0.2, 0.25) is 0 Å². The zero-order valence-corrected chi connectivity index (χ0v) is 13.2. The summed E-state index contributed by atoms with van der Waals surface area (Å²) in [4.78, 5) is 14.8. The number of amides is 1. The molecule has 0 atom stereocenters. The molecule has 1 amide bonds. The molecule has 0 bridgehead atoms. The highest BCUT2D eigenvalue weighted by molar-refractivity contribution is 6.01. The lowest BCUT2D eigenvalue weighted by molar-refractivity contribution is -0.118. The van der Waals surface area contributed by atoms with E-state index in [1.807, 2.05) is 6.08 Å². The van der Waals surface area contributed by atoms with Gasteiger partial charge in [0.15, 0.2) is 0 Å². The van der Waals surface area contributed by atoms with Gasteiger partial charge in [-0.1, -0.05) is 6.08 Å². The summed E-state index contributed by atoms with van der Waals surface area (Å²) in [7, 11) is 4.18. The van der Waals surface area contributed by atoms with E-state index in [1.54, 1.807) is 0 Å². The van der Waals surface area contributed by atoms with Crippen molar-refractivity contribution in [2.24, 2.45) is 0 Å². The number of carbonyl (C=O) groups is 1. The molecule has 0 spiro atoms. The Balaban J connectivity index is 1.47.